The summed E-state index contributed by atoms with van der Waals surface area (Å²) in [6.07, 6.45) is 1.68. The first-order chi connectivity index (χ1) is 15.7. The van der Waals surface area contributed by atoms with Crippen molar-refractivity contribution < 1.29 is 14.3 Å². The van der Waals surface area contributed by atoms with E-state index in [1.165, 1.54) is 5.69 Å². The normalized spacial score (nSPS) is 16.9. The molecule has 160 valence electrons. The number of nitrogens with one attached hydrogen (secondary N) is 1. The number of amides is 2. The summed E-state index contributed by atoms with van der Waals surface area (Å²) in [4.78, 5) is 29.4. The molecular formula is C26H23N3O3. The van der Waals surface area contributed by atoms with Crippen molar-refractivity contribution in [2.45, 2.75) is 0 Å². The summed E-state index contributed by atoms with van der Waals surface area (Å²) in [6.45, 7) is 3.00. The average molecular weight is 425 g/mol. The van der Waals surface area contributed by atoms with Crippen molar-refractivity contribution in [3.63, 3.8) is 0 Å². The van der Waals surface area contributed by atoms with Crippen molar-refractivity contribution in [2.75, 3.05) is 36.4 Å². The zero-order valence-electron chi connectivity index (χ0n) is 17.5. The zero-order chi connectivity index (χ0) is 21.9. The lowest BCUT2D eigenvalue weighted by Crippen LogP contribution is -2.48. The maximum absolute atomic E-state index is 12.9. The summed E-state index contributed by atoms with van der Waals surface area (Å²) in [7, 11) is 0. The third-order valence-corrected chi connectivity index (χ3v) is 5.72. The number of ether oxygens (including phenoxy) is 1. The van der Waals surface area contributed by atoms with Gasteiger partial charge in [0.25, 0.3) is 11.8 Å². The molecule has 0 unspecified atom stereocenters. The van der Waals surface area contributed by atoms with Gasteiger partial charge in [0.15, 0.2) is 11.5 Å². The van der Waals surface area contributed by atoms with Crippen LogP contribution in [0.5, 0.6) is 5.75 Å². The summed E-state index contributed by atoms with van der Waals surface area (Å²) >= 11 is 0. The summed E-state index contributed by atoms with van der Waals surface area (Å²) in [5.74, 6) is 0.567. The molecule has 0 aliphatic carbocycles. The van der Waals surface area contributed by atoms with Gasteiger partial charge in [-0.1, -0.05) is 42.5 Å². The molecule has 6 heteroatoms. The number of nitrogens with zero attached hydrogens (tertiary/aromatic N) is 2. The molecule has 2 aliphatic rings. The van der Waals surface area contributed by atoms with E-state index < -0.39 is 0 Å². The molecule has 2 heterocycles. The third-order valence-electron chi connectivity index (χ3n) is 5.72. The highest BCUT2D eigenvalue weighted by atomic mass is 16.5. The lowest BCUT2D eigenvalue weighted by Gasteiger charge is -2.36. The molecule has 0 spiro atoms. The molecule has 3 aromatic rings. The van der Waals surface area contributed by atoms with Crippen LogP contribution in [0.15, 0.2) is 84.6 Å². The number of hydrogen-bond donors (Lipinski definition) is 1. The molecule has 32 heavy (non-hydrogen) atoms. The largest absolute Gasteiger partial charge is 0.449 e. The van der Waals surface area contributed by atoms with Gasteiger partial charge < -0.3 is 19.9 Å². The zero-order valence-corrected chi connectivity index (χ0v) is 17.5. The Labute approximate surface area is 186 Å². The Morgan fingerprint density at radius 1 is 0.844 bits per heavy atom. The molecule has 1 saturated heterocycles. The fraction of sp³-hybridized carbons (Fsp3) is 0.154. The Morgan fingerprint density at radius 3 is 2.28 bits per heavy atom. The molecule has 0 radical (unpaired) electrons. The van der Waals surface area contributed by atoms with E-state index in [0.717, 1.165) is 18.7 Å². The van der Waals surface area contributed by atoms with Crippen molar-refractivity contribution in [3.8, 4) is 5.75 Å². The van der Waals surface area contributed by atoms with Gasteiger partial charge >= 0.3 is 0 Å². The molecule has 0 aromatic heterocycles. The van der Waals surface area contributed by atoms with Crippen LogP contribution in [0.2, 0.25) is 0 Å². The van der Waals surface area contributed by atoms with E-state index >= 15 is 0 Å². The molecule has 1 fully saturated rings. The predicted molar refractivity (Wildman–Crippen MR) is 125 cm³/mol. The summed E-state index contributed by atoms with van der Waals surface area (Å²) in [5.41, 5.74) is 3.27. The monoisotopic (exact) mass is 425 g/mol. The lowest BCUT2D eigenvalue weighted by atomic mass is 10.1. The van der Waals surface area contributed by atoms with Gasteiger partial charge in [0.2, 0.25) is 0 Å². The van der Waals surface area contributed by atoms with Gasteiger partial charge in [-0.25, -0.2) is 0 Å². The highest BCUT2D eigenvalue weighted by Crippen LogP contribution is 2.30. The second-order valence-electron chi connectivity index (χ2n) is 7.80. The highest BCUT2D eigenvalue weighted by Gasteiger charge is 2.23. The topological polar surface area (TPSA) is 61.9 Å². The van der Waals surface area contributed by atoms with Crippen molar-refractivity contribution >= 4 is 29.3 Å². The number of benzene rings is 3. The number of piperazine rings is 1. The van der Waals surface area contributed by atoms with Crippen LogP contribution in [0.3, 0.4) is 0 Å². The van der Waals surface area contributed by atoms with Crippen LogP contribution in [-0.4, -0.2) is 42.9 Å². The number of rotatable bonds is 3. The van der Waals surface area contributed by atoms with Crippen molar-refractivity contribution in [2.24, 2.45) is 0 Å². The van der Waals surface area contributed by atoms with Crippen molar-refractivity contribution in [1.82, 2.24) is 4.90 Å². The second-order valence-corrected chi connectivity index (χ2v) is 7.80. The molecule has 0 bridgehead atoms. The van der Waals surface area contributed by atoms with Gasteiger partial charge in [-0.3, -0.25) is 9.59 Å². The molecule has 2 aliphatic heterocycles. The minimum absolute atomic E-state index is 0.0255. The molecule has 3 aromatic carbocycles. The van der Waals surface area contributed by atoms with Gasteiger partial charge in [0, 0.05) is 37.4 Å². The number of carbonyl (C=O) groups excluding carboxylic acids is 2. The van der Waals surface area contributed by atoms with Crippen molar-refractivity contribution in [3.05, 3.63) is 95.7 Å². The number of carbonyl (C=O) groups is 2. The van der Waals surface area contributed by atoms with Gasteiger partial charge in [-0.15, -0.1) is 0 Å². The van der Waals surface area contributed by atoms with Gasteiger partial charge in [-0.2, -0.15) is 0 Å². The Bertz CT molecular complexity index is 1160. The number of hydrogen-bond acceptors (Lipinski definition) is 4. The SMILES string of the molecule is O=C1Nc2ccccc2O/C1=C\c1ccc(C(=O)N2CCN(c3ccccc3)CC2)cc1. The first kappa shape index (κ1) is 19.9. The van der Waals surface area contributed by atoms with Gasteiger partial charge in [-0.05, 0) is 48.0 Å². The Hall–Kier alpha value is -4.06. The van der Waals surface area contributed by atoms with E-state index in [2.05, 4.69) is 22.3 Å². The maximum atomic E-state index is 12.9. The Kier molecular flexibility index (Phi) is 5.34. The smallest absolute Gasteiger partial charge is 0.291 e. The maximum Gasteiger partial charge on any atom is 0.291 e. The van der Waals surface area contributed by atoms with E-state index in [1.54, 1.807) is 24.3 Å². The summed E-state index contributed by atoms with van der Waals surface area (Å²) in [5, 5.41) is 2.82. The third kappa shape index (κ3) is 4.07. The standard InChI is InChI=1S/C26H23N3O3/c30-25-24(32-23-9-5-4-8-22(23)27-25)18-19-10-12-20(13-11-19)26(31)29-16-14-28(15-17-29)21-6-2-1-3-7-21/h1-13,18H,14-17H2,(H,27,30)/b24-18-. The molecule has 0 saturated carbocycles. The van der Waals surface area contributed by atoms with Crippen LogP contribution in [0.25, 0.3) is 6.08 Å². The number of para-hydroxylation sites is 3. The van der Waals surface area contributed by atoms with Crippen LogP contribution in [0, 0.1) is 0 Å². The van der Waals surface area contributed by atoms with E-state index in [9.17, 15) is 9.59 Å². The quantitative estimate of drug-likeness (QED) is 0.644. The summed E-state index contributed by atoms with van der Waals surface area (Å²) in [6, 6.07) is 24.8. The highest BCUT2D eigenvalue weighted by molar-refractivity contribution is 6.08. The van der Waals surface area contributed by atoms with E-state index in [4.69, 9.17) is 4.74 Å². The van der Waals surface area contributed by atoms with Crippen LogP contribution in [0.4, 0.5) is 11.4 Å². The Morgan fingerprint density at radius 2 is 1.53 bits per heavy atom. The minimum Gasteiger partial charge on any atom is -0.449 e. The molecule has 1 N–H and O–H groups in total. The predicted octanol–water partition coefficient (Wildman–Crippen LogP) is 4.02. The number of anilines is 2. The van der Waals surface area contributed by atoms with Crippen LogP contribution >= 0.6 is 0 Å². The lowest BCUT2D eigenvalue weighted by molar-refractivity contribution is -0.115. The van der Waals surface area contributed by atoms with Crippen LogP contribution in [-0.2, 0) is 4.79 Å². The molecule has 6 nitrogen and oxygen atoms in total. The number of fused-ring (bicyclic) bond motifs is 1. The fourth-order valence-corrected chi connectivity index (χ4v) is 3.97. The first-order valence-corrected chi connectivity index (χ1v) is 10.7. The molecular weight excluding hydrogens is 402 g/mol. The van der Waals surface area contributed by atoms with Gasteiger partial charge in [0.1, 0.15) is 0 Å². The summed E-state index contributed by atoms with van der Waals surface area (Å²) < 4.78 is 5.74. The fourth-order valence-electron chi connectivity index (χ4n) is 3.97. The molecule has 2 amide bonds. The Balaban J connectivity index is 1.24. The average Bonchev–Trinajstić information content (AvgIpc) is 2.85. The van der Waals surface area contributed by atoms with Crippen LogP contribution in [0.1, 0.15) is 15.9 Å². The first-order valence-electron chi connectivity index (χ1n) is 10.7. The minimum atomic E-state index is -0.292. The van der Waals surface area contributed by atoms with E-state index in [1.807, 2.05) is 53.4 Å². The van der Waals surface area contributed by atoms with Crippen molar-refractivity contribution in [1.29, 1.82) is 0 Å². The molecule has 0 atom stereocenters. The van der Waals surface area contributed by atoms with E-state index in [0.29, 0.717) is 30.1 Å². The van der Waals surface area contributed by atoms with E-state index in [-0.39, 0.29) is 17.6 Å². The van der Waals surface area contributed by atoms with Crippen LogP contribution < -0.4 is 15.0 Å². The molecule has 5 rings (SSSR count). The second kappa shape index (κ2) is 8.59. The van der Waals surface area contributed by atoms with Gasteiger partial charge in [0.05, 0.1) is 5.69 Å².